The highest BCUT2D eigenvalue weighted by molar-refractivity contribution is 5.91. The lowest BCUT2D eigenvalue weighted by Gasteiger charge is -2.14. The standard InChI is InChI=1S/C19H25N3O3/c1-5-13(6-2)19(23)22-18-10-7-14(12-20-18)21-16-11-15(24-3)8-9-17(16)25-4/h7-13,21H,5-6H2,1-4H3,(H,20,22,23). The number of nitrogens with one attached hydrogen (secondary N) is 2. The lowest BCUT2D eigenvalue weighted by atomic mass is 10.0. The number of carbonyl (C=O) groups excluding carboxylic acids is 1. The summed E-state index contributed by atoms with van der Waals surface area (Å²) in [6.45, 7) is 4.02. The van der Waals surface area contributed by atoms with Crippen molar-refractivity contribution < 1.29 is 14.3 Å². The first-order valence-electron chi connectivity index (χ1n) is 8.37. The normalized spacial score (nSPS) is 10.4. The molecule has 0 fully saturated rings. The number of pyridine rings is 1. The van der Waals surface area contributed by atoms with E-state index in [4.69, 9.17) is 9.47 Å². The first kappa shape index (κ1) is 18.6. The number of hydrogen-bond acceptors (Lipinski definition) is 5. The number of anilines is 3. The quantitative estimate of drug-likeness (QED) is 0.751. The van der Waals surface area contributed by atoms with Gasteiger partial charge in [-0.1, -0.05) is 13.8 Å². The Hall–Kier alpha value is -2.76. The predicted molar refractivity (Wildman–Crippen MR) is 99.8 cm³/mol. The molecule has 2 rings (SSSR count). The Bertz CT molecular complexity index is 698. The average Bonchev–Trinajstić information content (AvgIpc) is 2.64. The number of methoxy groups -OCH3 is 2. The van der Waals surface area contributed by atoms with Crippen molar-refractivity contribution in [2.75, 3.05) is 24.9 Å². The molecule has 1 aromatic carbocycles. The zero-order valence-electron chi connectivity index (χ0n) is 15.1. The second kappa shape index (κ2) is 8.92. The zero-order chi connectivity index (χ0) is 18.2. The summed E-state index contributed by atoms with van der Waals surface area (Å²) in [6.07, 6.45) is 3.30. The van der Waals surface area contributed by atoms with Crippen molar-refractivity contribution in [3.05, 3.63) is 36.5 Å². The van der Waals surface area contributed by atoms with E-state index in [0.717, 1.165) is 30.0 Å². The largest absolute Gasteiger partial charge is 0.497 e. The molecule has 0 saturated heterocycles. The van der Waals surface area contributed by atoms with E-state index in [9.17, 15) is 4.79 Å². The molecule has 1 aromatic heterocycles. The van der Waals surface area contributed by atoms with E-state index in [1.165, 1.54) is 0 Å². The van der Waals surface area contributed by atoms with Crippen LogP contribution in [-0.4, -0.2) is 25.1 Å². The minimum atomic E-state index is 0.00711. The maximum atomic E-state index is 12.1. The minimum Gasteiger partial charge on any atom is -0.497 e. The maximum Gasteiger partial charge on any atom is 0.228 e. The highest BCUT2D eigenvalue weighted by Gasteiger charge is 2.14. The molecule has 2 N–H and O–H groups in total. The van der Waals surface area contributed by atoms with Crippen LogP contribution in [0.15, 0.2) is 36.5 Å². The smallest absolute Gasteiger partial charge is 0.228 e. The molecular formula is C19H25N3O3. The summed E-state index contributed by atoms with van der Waals surface area (Å²) in [5.74, 6) is 1.99. The Morgan fingerprint density at radius 1 is 1.12 bits per heavy atom. The Morgan fingerprint density at radius 3 is 2.44 bits per heavy atom. The van der Waals surface area contributed by atoms with Gasteiger partial charge in [0.15, 0.2) is 0 Å². The molecule has 25 heavy (non-hydrogen) atoms. The summed E-state index contributed by atoms with van der Waals surface area (Å²) >= 11 is 0. The topological polar surface area (TPSA) is 72.5 Å². The van der Waals surface area contributed by atoms with Gasteiger partial charge in [0, 0.05) is 12.0 Å². The van der Waals surface area contributed by atoms with Gasteiger partial charge < -0.3 is 20.1 Å². The number of carbonyl (C=O) groups is 1. The van der Waals surface area contributed by atoms with Crippen molar-refractivity contribution >= 4 is 23.1 Å². The number of hydrogen-bond donors (Lipinski definition) is 2. The van der Waals surface area contributed by atoms with Crippen molar-refractivity contribution in [3.8, 4) is 11.5 Å². The Kier molecular flexibility index (Phi) is 6.62. The molecule has 0 aliphatic heterocycles. The summed E-state index contributed by atoms with van der Waals surface area (Å²) in [4.78, 5) is 16.4. The number of amides is 1. The molecule has 0 spiro atoms. The molecule has 0 atom stereocenters. The third kappa shape index (κ3) is 4.86. The molecule has 134 valence electrons. The molecule has 2 aromatic rings. The summed E-state index contributed by atoms with van der Waals surface area (Å²) in [7, 11) is 3.23. The van der Waals surface area contributed by atoms with Crippen LogP contribution in [0.1, 0.15) is 26.7 Å². The van der Waals surface area contributed by atoms with E-state index in [2.05, 4.69) is 15.6 Å². The fourth-order valence-electron chi connectivity index (χ4n) is 2.50. The minimum absolute atomic E-state index is 0.00711. The van der Waals surface area contributed by atoms with Crippen LogP contribution in [0.25, 0.3) is 0 Å². The predicted octanol–water partition coefficient (Wildman–Crippen LogP) is 4.22. The van der Waals surface area contributed by atoms with Gasteiger partial charge in [0.1, 0.15) is 17.3 Å². The lowest BCUT2D eigenvalue weighted by Crippen LogP contribution is -2.22. The fraction of sp³-hybridized carbons (Fsp3) is 0.368. The third-order valence-corrected chi connectivity index (χ3v) is 4.06. The molecule has 0 aliphatic rings. The van der Waals surface area contributed by atoms with Gasteiger partial charge in [-0.3, -0.25) is 4.79 Å². The van der Waals surface area contributed by atoms with Gasteiger partial charge in [0.2, 0.25) is 5.91 Å². The molecule has 6 nitrogen and oxygen atoms in total. The van der Waals surface area contributed by atoms with Crippen LogP contribution in [-0.2, 0) is 4.79 Å². The molecule has 0 unspecified atom stereocenters. The number of ether oxygens (including phenoxy) is 2. The van der Waals surface area contributed by atoms with E-state index >= 15 is 0 Å². The molecular weight excluding hydrogens is 318 g/mol. The van der Waals surface area contributed by atoms with Crippen molar-refractivity contribution in [2.24, 2.45) is 5.92 Å². The zero-order valence-corrected chi connectivity index (χ0v) is 15.1. The SMILES string of the molecule is CCC(CC)C(=O)Nc1ccc(Nc2cc(OC)ccc2OC)cn1. The Labute approximate surface area is 148 Å². The monoisotopic (exact) mass is 343 g/mol. The van der Waals surface area contributed by atoms with Gasteiger partial charge >= 0.3 is 0 Å². The number of benzene rings is 1. The van der Waals surface area contributed by atoms with Crippen LogP contribution >= 0.6 is 0 Å². The highest BCUT2D eigenvalue weighted by atomic mass is 16.5. The van der Waals surface area contributed by atoms with Crippen molar-refractivity contribution in [1.82, 2.24) is 4.98 Å². The van der Waals surface area contributed by atoms with Gasteiger partial charge in [-0.15, -0.1) is 0 Å². The van der Waals surface area contributed by atoms with Gasteiger partial charge in [-0.2, -0.15) is 0 Å². The van der Waals surface area contributed by atoms with Crippen LogP contribution in [0.4, 0.5) is 17.2 Å². The maximum absolute atomic E-state index is 12.1. The molecule has 0 bridgehead atoms. The number of aromatic nitrogens is 1. The summed E-state index contributed by atoms with van der Waals surface area (Å²) in [5.41, 5.74) is 1.56. The van der Waals surface area contributed by atoms with Crippen LogP contribution in [0.3, 0.4) is 0 Å². The number of rotatable bonds is 8. The van der Waals surface area contributed by atoms with E-state index in [-0.39, 0.29) is 11.8 Å². The average molecular weight is 343 g/mol. The van der Waals surface area contributed by atoms with Crippen LogP contribution in [0, 0.1) is 5.92 Å². The van der Waals surface area contributed by atoms with Crippen molar-refractivity contribution in [1.29, 1.82) is 0 Å². The third-order valence-electron chi connectivity index (χ3n) is 4.06. The van der Waals surface area contributed by atoms with E-state index in [1.54, 1.807) is 26.5 Å². The summed E-state index contributed by atoms with van der Waals surface area (Å²) < 4.78 is 10.6. The van der Waals surface area contributed by atoms with Gasteiger partial charge in [0.05, 0.1) is 31.8 Å². The van der Waals surface area contributed by atoms with E-state index < -0.39 is 0 Å². The summed E-state index contributed by atoms with van der Waals surface area (Å²) in [5, 5.41) is 6.10. The molecule has 1 heterocycles. The summed E-state index contributed by atoms with van der Waals surface area (Å²) in [6, 6.07) is 9.14. The van der Waals surface area contributed by atoms with Gasteiger partial charge in [0.25, 0.3) is 0 Å². The number of nitrogens with zero attached hydrogens (tertiary/aromatic N) is 1. The van der Waals surface area contributed by atoms with Crippen LogP contribution in [0.2, 0.25) is 0 Å². The molecule has 0 saturated carbocycles. The lowest BCUT2D eigenvalue weighted by molar-refractivity contribution is -0.120. The Balaban J connectivity index is 2.09. The fourth-order valence-corrected chi connectivity index (χ4v) is 2.50. The molecule has 1 amide bonds. The highest BCUT2D eigenvalue weighted by Crippen LogP contribution is 2.31. The van der Waals surface area contributed by atoms with Crippen LogP contribution < -0.4 is 20.1 Å². The molecule has 0 aliphatic carbocycles. The van der Waals surface area contributed by atoms with Crippen LogP contribution in [0.5, 0.6) is 11.5 Å². The van der Waals surface area contributed by atoms with Crippen molar-refractivity contribution in [3.63, 3.8) is 0 Å². The van der Waals surface area contributed by atoms with E-state index in [1.807, 2.05) is 38.1 Å². The molecule has 0 radical (unpaired) electrons. The second-order valence-electron chi connectivity index (χ2n) is 5.63. The Morgan fingerprint density at radius 2 is 1.88 bits per heavy atom. The first-order chi connectivity index (χ1) is 12.1. The second-order valence-corrected chi connectivity index (χ2v) is 5.63. The first-order valence-corrected chi connectivity index (χ1v) is 8.37. The van der Waals surface area contributed by atoms with Gasteiger partial charge in [-0.05, 0) is 37.1 Å². The van der Waals surface area contributed by atoms with Crippen molar-refractivity contribution in [2.45, 2.75) is 26.7 Å². The van der Waals surface area contributed by atoms with Gasteiger partial charge in [-0.25, -0.2) is 4.98 Å². The molecule has 6 heteroatoms. The van der Waals surface area contributed by atoms with E-state index in [0.29, 0.717) is 11.6 Å².